The number of hydrogen-bond acceptors (Lipinski definition) is 6. The van der Waals surface area contributed by atoms with Crippen LogP contribution in [0.15, 0.2) is 27.9 Å². The molecule has 0 fully saturated rings. The van der Waals surface area contributed by atoms with Crippen molar-refractivity contribution in [2.24, 2.45) is 5.10 Å². The van der Waals surface area contributed by atoms with Gasteiger partial charge in [-0.3, -0.25) is 10.4 Å². The van der Waals surface area contributed by atoms with Gasteiger partial charge in [0.1, 0.15) is 5.76 Å². The van der Waals surface area contributed by atoms with Crippen molar-refractivity contribution in [2.75, 3.05) is 5.32 Å². The Balaban J connectivity index is 1.84. The van der Waals surface area contributed by atoms with Crippen molar-refractivity contribution in [3.05, 3.63) is 28.1 Å². The molecule has 88 valence electrons. The van der Waals surface area contributed by atoms with Gasteiger partial charge in [-0.15, -0.1) is 5.10 Å². The fourth-order valence-electron chi connectivity index (χ4n) is 0.928. The zero-order chi connectivity index (χ0) is 12.1. The predicted molar refractivity (Wildman–Crippen MR) is 65.8 cm³/mol. The maximum Gasteiger partial charge on any atom is 0.341 e. The third-order valence-corrected chi connectivity index (χ3v) is 2.56. The highest BCUT2D eigenvalue weighted by molar-refractivity contribution is 7.73. The molecule has 0 aliphatic heterocycles. The third-order valence-electron chi connectivity index (χ3n) is 1.56. The van der Waals surface area contributed by atoms with Crippen LogP contribution in [0.1, 0.15) is 5.76 Å². The minimum absolute atomic E-state index is 0.376. The van der Waals surface area contributed by atoms with Crippen LogP contribution in [0.2, 0.25) is 0 Å². The minimum atomic E-state index is -0.509. The van der Waals surface area contributed by atoms with E-state index in [-0.39, 0.29) is 0 Å². The Kier molecular flexibility index (Phi) is 3.62. The summed E-state index contributed by atoms with van der Waals surface area (Å²) < 4.78 is 5.47. The minimum Gasteiger partial charge on any atom is -0.463 e. The Hall–Kier alpha value is -2.00. The van der Waals surface area contributed by atoms with E-state index in [4.69, 9.17) is 16.6 Å². The molecule has 0 unspecified atom stereocenters. The molecule has 0 saturated heterocycles. The molecule has 17 heavy (non-hydrogen) atoms. The zero-order valence-electron chi connectivity index (χ0n) is 8.34. The van der Waals surface area contributed by atoms with Crippen molar-refractivity contribution in [1.82, 2.24) is 15.6 Å². The maximum absolute atomic E-state index is 11.3. The number of furan rings is 1. The average molecular weight is 269 g/mol. The molecule has 2 aromatic rings. The fourth-order valence-corrected chi connectivity index (χ4v) is 1.71. The molecule has 0 radical (unpaired) electrons. The van der Waals surface area contributed by atoms with Gasteiger partial charge in [0, 0.05) is 0 Å². The number of aromatic amines is 1. The summed E-state index contributed by atoms with van der Waals surface area (Å²) >= 11 is 5.97. The van der Waals surface area contributed by atoms with Crippen LogP contribution in [0.4, 0.5) is 9.93 Å². The van der Waals surface area contributed by atoms with Gasteiger partial charge in [0.25, 0.3) is 0 Å². The Bertz CT molecular complexity index is 571. The number of carbonyl (C=O) groups excluding carboxylic acids is 1. The number of hydrogen-bond donors (Lipinski definition) is 3. The summed E-state index contributed by atoms with van der Waals surface area (Å²) in [7, 11) is 0. The number of urea groups is 1. The largest absolute Gasteiger partial charge is 0.463 e. The van der Waals surface area contributed by atoms with Gasteiger partial charge < -0.3 is 4.42 Å². The van der Waals surface area contributed by atoms with E-state index < -0.39 is 6.03 Å². The molecule has 0 bridgehead atoms. The summed E-state index contributed by atoms with van der Waals surface area (Å²) in [5, 5.41) is 12.8. The SMILES string of the molecule is O=C(N/N=C/c1ccco1)Nc1n[nH]c(=S)s1. The molecule has 0 aromatic carbocycles. The number of H-pyrrole nitrogens is 1. The standard InChI is InChI=1S/C8H7N5O2S2/c14-6(10-7-12-13-8(16)17-7)11-9-4-5-2-1-3-15-5/h1-4H,(H,13,16)(H2,10,11,12,14)/b9-4+. The van der Waals surface area contributed by atoms with Crippen molar-refractivity contribution in [2.45, 2.75) is 0 Å². The van der Waals surface area contributed by atoms with Crippen LogP contribution >= 0.6 is 23.6 Å². The lowest BCUT2D eigenvalue weighted by Crippen LogP contribution is -2.24. The number of nitrogens with zero attached hydrogens (tertiary/aromatic N) is 2. The second-order valence-electron chi connectivity index (χ2n) is 2.76. The van der Waals surface area contributed by atoms with Gasteiger partial charge in [-0.1, -0.05) is 11.3 Å². The smallest absolute Gasteiger partial charge is 0.341 e. The molecule has 0 spiro atoms. The van der Waals surface area contributed by atoms with E-state index in [9.17, 15) is 4.79 Å². The van der Waals surface area contributed by atoms with Gasteiger partial charge >= 0.3 is 6.03 Å². The van der Waals surface area contributed by atoms with E-state index in [0.29, 0.717) is 14.8 Å². The monoisotopic (exact) mass is 269 g/mol. The Morgan fingerprint density at radius 3 is 3.24 bits per heavy atom. The second kappa shape index (κ2) is 5.37. The molecule has 0 aliphatic carbocycles. The summed E-state index contributed by atoms with van der Waals surface area (Å²) in [5.74, 6) is 0.542. The number of rotatable bonds is 3. The highest BCUT2D eigenvalue weighted by Gasteiger charge is 2.02. The molecular formula is C8H7N5O2S2. The Morgan fingerprint density at radius 1 is 1.71 bits per heavy atom. The number of nitrogens with one attached hydrogen (secondary N) is 3. The van der Waals surface area contributed by atoms with Gasteiger partial charge in [-0.2, -0.15) is 5.10 Å². The zero-order valence-corrected chi connectivity index (χ0v) is 9.97. The van der Waals surface area contributed by atoms with Gasteiger partial charge in [0.05, 0.1) is 12.5 Å². The van der Waals surface area contributed by atoms with Gasteiger partial charge in [-0.25, -0.2) is 10.2 Å². The normalized spacial score (nSPS) is 10.6. The van der Waals surface area contributed by atoms with E-state index in [1.807, 2.05) is 0 Å². The molecule has 7 nitrogen and oxygen atoms in total. The average Bonchev–Trinajstić information content (AvgIpc) is 2.90. The summed E-state index contributed by atoms with van der Waals surface area (Å²) in [6.07, 6.45) is 2.89. The molecular weight excluding hydrogens is 262 g/mol. The van der Waals surface area contributed by atoms with Crippen LogP contribution in [0.3, 0.4) is 0 Å². The first kappa shape index (κ1) is 11.5. The van der Waals surface area contributed by atoms with Crippen LogP contribution in [0.5, 0.6) is 0 Å². The molecule has 2 heterocycles. The quantitative estimate of drug-likeness (QED) is 0.451. The second-order valence-corrected chi connectivity index (χ2v) is 4.42. The van der Waals surface area contributed by atoms with Crippen LogP contribution in [-0.4, -0.2) is 22.4 Å². The molecule has 9 heteroatoms. The topological polar surface area (TPSA) is 95.3 Å². The summed E-state index contributed by atoms with van der Waals surface area (Å²) in [6.45, 7) is 0. The molecule has 2 rings (SSSR count). The molecule has 3 N–H and O–H groups in total. The van der Waals surface area contributed by atoms with Crippen LogP contribution in [-0.2, 0) is 0 Å². The van der Waals surface area contributed by atoms with Crippen molar-refractivity contribution in [3.8, 4) is 0 Å². The van der Waals surface area contributed by atoms with E-state index in [1.54, 1.807) is 12.1 Å². The van der Waals surface area contributed by atoms with Crippen molar-refractivity contribution >= 4 is 40.9 Å². The lowest BCUT2D eigenvalue weighted by Gasteiger charge is -1.97. The van der Waals surface area contributed by atoms with E-state index >= 15 is 0 Å². The van der Waals surface area contributed by atoms with Gasteiger partial charge in [-0.05, 0) is 24.4 Å². The first-order valence-corrected chi connectivity index (χ1v) is 5.65. The Morgan fingerprint density at radius 2 is 2.59 bits per heavy atom. The first-order chi connectivity index (χ1) is 8.24. The van der Waals surface area contributed by atoms with Crippen molar-refractivity contribution < 1.29 is 9.21 Å². The molecule has 0 aliphatic rings. The Labute approximate surface area is 105 Å². The van der Waals surface area contributed by atoms with Crippen molar-refractivity contribution in [1.29, 1.82) is 0 Å². The molecule has 2 amide bonds. The van der Waals surface area contributed by atoms with E-state index in [0.717, 1.165) is 11.3 Å². The van der Waals surface area contributed by atoms with Crippen LogP contribution in [0.25, 0.3) is 0 Å². The third kappa shape index (κ3) is 3.50. The summed E-state index contributed by atoms with van der Waals surface area (Å²) in [4.78, 5) is 11.3. The van der Waals surface area contributed by atoms with E-state index in [1.165, 1.54) is 12.5 Å². The molecule has 2 aromatic heterocycles. The summed E-state index contributed by atoms with van der Waals surface area (Å²) in [5.41, 5.74) is 2.26. The van der Waals surface area contributed by atoms with Gasteiger partial charge in [0.2, 0.25) is 5.13 Å². The lowest BCUT2D eigenvalue weighted by atomic mass is 10.5. The number of anilines is 1. The summed E-state index contributed by atoms with van der Waals surface area (Å²) in [6, 6.07) is 2.92. The maximum atomic E-state index is 11.3. The number of amides is 2. The highest BCUT2D eigenvalue weighted by Crippen LogP contribution is 2.09. The van der Waals surface area contributed by atoms with E-state index in [2.05, 4.69) is 26.0 Å². The number of hydrazone groups is 1. The fraction of sp³-hybridized carbons (Fsp3) is 0. The van der Waals surface area contributed by atoms with Crippen LogP contribution < -0.4 is 10.7 Å². The first-order valence-electron chi connectivity index (χ1n) is 4.43. The number of aromatic nitrogens is 2. The predicted octanol–water partition coefficient (Wildman–Crippen LogP) is 1.95. The molecule has 0 atom stereocenters. The van der Waals surface area contributed by atoms with Gasteiger partial charge in [0.15, 0.2) is 3.95 Å². The van der Waals surface area contributed by atoms with Crippen molar-refractivity contribution in [3.63, 3.8) is 0 Å². The molecule has 0 saturated carbocycles. The number of carbonyl (C=O) groups is 1. The lowest BCUT2D eigenvalue weighted by molar-refractivity contribution is 0.252. The van der Waals surface area contributed by atoms with Crippen LogP contribution in [0, 0.1) is 3.95 Å². The highest BCUT2D eigenvalue weighted by atomic mass is 32.1.